The van der Waals surface area contributed by atoms with E-state index in [1.807, 2.05) is 6.07 Å². The maximum absolute atomic E-state index is 11.6. The summed E-state index contributed by atoms with van der Waals surface area (Å²) in [5.41, 5.74) is -0.889. The van der Waals surface area contributed by atoms with Gasteiger partial charge < -0.3 is 5.32 Å². The average Bonchev–Trinajstić information content (AvgIpc) is 2.88. The zero-order valence-corrected chi connectivity index (χ0v) is 8.75. The van der Waals surface area contributed by atoms with E-state index in [0.717, 1.165) is 5.41 Å². The highest BCUT2D eigenvalue weighted by molar-refractivity contribution is 7.94. The van der Waals surface area contributed by atoms with Gasteiger partial charge in [-0.15, -0.1) is 0 Å². The number of amides is 1. The van der Waals surface area contributed by atoms with Gasteiger partial charge in [0.2, 0.25) is 5.91 Å². The van der Waals surface area contributed by atoms with Crippen LogP contribution in [0.5, 0.6) is 0 Å². The molecular formula is C9H10N2O3S. The Kier molecular flexibility index (Phi) is 2.08. The molecule has 5 nitrogen and oxygen atoms in total. The van der Waals surface area contributed by atoms with Crippen molar-refractivity contribution >= 4 is 15.7 Å². The number of carbonyl (C=O) groups is 1. The van der Waals surface area contributed by atoms with Crippen LogP contribution in [0.3, 0.4) is 0 Å². The number of rotatable bonds is 2. The SMILES string of the molecule is N#CC1(C(=O)NC2C=CS(=O)(=O)C2)CC1. The molecule has 1 aliphatic carbocycles. The lowest BCUT2D eigenvalue weighted by Gasteiger charge is -2.12. The fourth-order valence-electron chi connectivity index (χ4n) is 1.49. The van der Waals surface area contributed by atoms with Crippen LogP contribution >= 0.6 is 0 Å². The average molecular weight is 226 g/mol. The van der Waals surface area contributed by atoms with Crippen molar-refractivity contribution in [3.05, 3.63) is 11.5 Å². The van der Waals surface area contributed by atoms with Gasteiger partial charge >= 0.3 is 0 Å². The second kappa shape index (κ2) is 3.07. The highest BCUT2D eigenvalue weighted by Gasteiger charge is 2.51. The van der Waals surface area contributed by atoms with Crippen molar-refractivity contribution in [3.8, 4) is 6.07 Å². The third-order valence-electron chi connectivity index (χ3n) is 2.65. The smallest absolute Gasteiger partial charge is 0.240 e. The van der Waals surface area contributed by atoms with Crippen molar-refractivity contribution in [2.24, 2.45) is 5.41 Å². The summed E-state index contributed by atoms with van der Waals surface area (Å²) < 4.78 is 22.1. The monoisotopic (exact) mass is 226 g/mol. The van der Waals surface area contributed by atoms with Gasteiger partial charge in [0.1, 0.15) is 5.41 Å². The molecule has 2 rings (SSSR count). The number of carbonyl (C=O) groups excluding carboxylic acids is 1. The van der Waals surface area contributed by atoms with Crippen LogP contribution in [0.25, 0.3) is 0 Å². The molecule has 2 aliphatic rings. The number of hydrogen-bond donors (Lipinski definition) is 1. The molecule has 6 heteroatoms. The highest BCUT2D eigenvalue weighted by Crippen LogP contribution is 2.45. The van der Waals surface area contributed by atoms with E-state index in [4.69, 9.17) is 5.26 Å². The number of sulfone groups is 1. The predicted octanol–water partition coefficient (Wildman–Crippen LogP) is -0.283. The fourth-order valence-corrected chi connectivity index (χ4v) is 2.72. The lowest BCUT2D eigenvalue weighted by molar-refractivity contribution is -0.124. The van der Waals surface area contributed by atoms with E-state index >= 15 is 0 Å². The van der Waals surface area contributed by atoms with Crippen molar-refractivity contribution in [2.45, 2.75) is 18.9 Å². The molecule has 0 aromatic heterocycles. The van der Waals surface area contributed by atoms with E-state index in [-0.39, 0.29) is 11.7 Å². The van der Waals surface area contributed by atoms with E-state index in [2.05, 4.69) is 5.32 Å². The molecule has 1 aliphatic heterocycles. The maximum atomic E-state index is 11.6. The van der Waals surface area contributed by atoms with Crippen LogP contribution in [0.1, 0.15) is 12.8 Å². The van der Waals surface area contributed by atoms with Gasteiger partial charge in [0.05, 0.1) is 17.9 Å². The van der Waals surface area contributed by atoms with E-state index in [1.165, 1.54) is 6.08 Å². The molecule has 15 heavy (non-hydrogen) atoms. The molecule has 1 N–H and O–H groups in total. The van der Waals surface area contributed by atoms with Crippen LogP contribution < -0.4 is 5.32 Å². The minimum absolute atomic E-state index is 0.0970. The molecule has 1 saturated carbocycles. The van der Waals surface area contributed by atoms with E-state index in [9.17, 15) is 13.2 Å². The quantitative estimate of drug-likeness (QED) is 0.701. The molecule has 1 fully saturated rings. The molecular weight excluding hydrogens is 216 g/mol. The largest absolute Gasteiger partial charge is 0.347 e. The lowest BCUT2D eigenvalue weighted by atomic mass is 10.1. The van der Waals surface area contributed by atoms with Gasteiger partial charge in [-0.2, -0.15) is 5.26 Å². The zero-order valence-electron chi connectivity index (χ0n) is 7.93. The van der Waals surface area contributed by atoms with Crippen molar-refractivity contribution in [2.75, 3.05) is 5.75 Å². The Morgan fingerprint density at radius 3 is 2.60 bits per heavy atom. The molecule has 0 spiro atoms. The first kappa shape index (κ1) is 10.2. The van der Waals surface area contributed by atoms with Crippen LogP contribution in [0.4, 0.5) is 0 Å². The minimum Gasteiger partial charge on any atom is -0.347 e. The summed E-state index contributed by atoms with van der Waals surface area (Å²) in [4.78, 5) is 11.6. The standard InChI is InChI=1S/C9H10N2O3S/c10-6-9(2-3-9)8(12)11-7-1-4-15(13,14)5-7/h1,4,7H,2-3,5H2,(H,11,12). The summed E-state index contributed by atoms with van der Waals surface area (Å²) in [6, 6.07) is 1.48. The van der Waals surface area contributed by atoms with Gasteiger partial charge in [0.15, 0.2) is 9.84 Å². The van der Waals surface area contributed by atoms with Crippen molar-refractivity contribution in [3.63, 3.8) is 0 Å². The molecule has 0 saturated heterocycles. The predicted molar refractivity (Wildman–Crippen MR) is 52.1 cm³/mol. The minimum atomic E-state index is -3.15. The maximum Gasteiger partial charge on any atom is 0.240 e. The Balaban J connectivity index is 1.98. The van der Waals surface area contributed by atoms with E-state index in [0.29, 0.717) is 12.8 Å². The molecule has 1 atom stereocenters. The fraction of sp³-hybridized carbons (Fsp3) is 0.556. The molecule has 0 aromatic carbocycles. The van der Waals surface area contributed by atoms with Crippen LogP contribution in [0.2, 0.25) is 0 Å². The van der Waals surface area contributed by atoms with Gasteiger partial charge in [-0.05, 0) is 18.9 Å². The van der Waals surface area contributed by atoms with Crippen molar-refractivity contribution in [1.29, 1.82) is 5.26 Å². The lowest BCUT2D eigenvalue weighted by Crippen LogP contribution is -2.39. The Labute approximate surface area is 87.7 Å². The molecule has 1 amide bonds. The zero-order chi connectivity index (χ0) is 11.1. The molecule has 0 radical (unpaired) electrons. The van der Waals surface area contributed by atoms with Gasteiger partial charge in [-0.3, -0.25) is 4.79 Å². The van der Waals surface area contributed by atoms with Crippen molar-refractivity contribution < 1.29 is 13.2 Å². The van der Waals surface area contributed by atoms with Gasteiger partial charge in [-0.1, -0.05) is 0 Å². The van der Waals surface area contributed by atoms with Gasteiger partial charge in [-0.25, -0.2) is 8.42 Å². The summed E-state index contributed by atoms with van der Waals surface area (Å²) in [7, 11) is -3.15. The summed E-state index contributed by atoms with van der Waals surface area (Å²) in [5.74, 6) is -0.447. The summed E-state index contributed by atoms with van der Waals surface area (Å²) in [6.45, 7) is 0. The number of nitrogens with zero attached hydrogens (tertiary/aromatic N) is 1. The highest BCUT2D eigenvalue weighted by atomic mass is 32.2. The Bertz CT molecular complexity index is 468. The topological polar surface area (TPSA) is 87.0 Å². The number of hydrogen-bond acceptors (Lipinski definition) is 4. The Morgan fingerprint density at radius 1 is 1.53 bits per heavy atom. The van der Waals surface area contributed by atoms with E-state index in [1.54, 1.807) is 0 Å². The normalized spacial score (nSPS) is 29.4. The van der Waals surface area contributed by atoms with Gasteiger partial charge in [0.25, 0.3) is 0 Å². The first-order valence-electron chi connectivity index (χ1n) is 4.61. The third kappa shape index (κ3) is 1.88. The molecule has 0 aromatic rings. The molecule has 80 valence electrons. The summed E-state index contributed by atoms with van der Waals surface area (Å²) in [6.07, 6.45) is 2.58. The van der Waals surface area contributed by atoms with Gasteiger partial charge in [0, 0.05) is 5.41 Å². The van der Waals surface area contributed by atoms with Crippen LogP contribution in [-0.2, 0) is 14.6 Å². The third-order valence-corrected chi connectivity index (χ3v) is 4.04. The molecule has 1 heterocycles. The number of nitriles is 1. The van der Waals surface area contributed by atoms with Crippen LogP contribution in [0.15, 0.2) is 11.5 Å². The van der Waals surface area contributed by atoms with E-state index < -0.39 is 21.3 Å². The van der Waals surface area contributed by atoms with Crippen molar-refractivity contribution in [1.82, 2.24) is 5.32 Å². The first-order valence-corrected chi connectivity index (χ1v) is 6.32. The Hall–Kier alpha value is -1.35. The van der Waals surface area contributed by atoms with Crippen LogP contribution in [0, 0.1) is 16.7 Å². The van der Waals surface area contributed by atoms with Crippen LogP contribution in [-0.4, -0.2) is 26.1 Å². The summed E-state index contributed by atoms with van der Waals surface area (Å²) in [5, 5.41) is 12.4. The first-order chi connectivity index (χ1) is 6.97. The molecule has 0 bridgehead atoms. The molecule has 1 unspecified atom stereocenters. The number of nitrogens with one attached hydrogen (secondary N) is 1. The summed E-state index contributed by atoms with van der Waals surface area (Å²) >= 11 is 0. The Morgan fingerprint density at radius 2 is 2.20 bits per heavy atom. The second-order valence-electron chi connectivity index (χ2n) is 3.93. The second-order valence-corrected chi connectivity index (χ2v) is 5.86.